The van der Waals surface area contributed by atoms with Crippen LogP contribution in [-0.2, 0) is 25.7 Å². The van der Waals surface area contributed by atoms with Gasteiger partial charge in [-0.2, -0.15) is 0 Å². The highest BCUT2D eigenvalue weighted by atomic mass is 32.2. The second kappa shape index (κ2) is 12.8. The van der Waals surface area contributed by atoms with Crippen molar-refractivity contribution in [1.82, 2.24) is 19.6 Å². The Morgan fingerprint density at radius 3 is 2.44 bits per heavy atom. The molecule has 0 radical (unpaired) electrons. The summed E-state index contributed by atoms with van der Waals surface area (Å²) in [6, 6.07) is 8.66. The Balaban J connectivity index is 1.34. The number of thioether (sulfide) groups is 1. The molecule has 5 aliphatic heterocycles. The number of amides is 3. The van der Waals surface area contributed by atoms with Gasteiger partial charge in [0.2, 0.25) is 17.7 Å². The molecule has 10 heteroatoms. The topological polar surface area (TPSA) is 93.6 Å². The van der Waals surface area contributed by atoms with E-state index >= 15 is 0 Å². The first kappa shape index (κ1) is 30.4. The van der Waals surface area contributed by atoms with Crippen molar-refractivity contribution in [2.75, 3.05) is 59.1 Å². The number of hydrogen-bond acceptors (Lipinski definition) is 7. The van der Waals surface area contributed by atoms with Crippen molar-refractivity contribution in [2.24, 2.45) is 17.8 Å². The molecular weight excluding hydrogens is 564 g/mol. The van der Waals surface area contributed by atoms with E-state index in [1.165, 1.54) is 0 Å². The average molecular weight is 609 g/mol. The molecule has 0 aliphatic carbocycles. The molecular formula is C33H44N4O5S. The smallest absolute Gasteiger partial charge is 0.247 e. The molecule has 5 aliphatic rings. The van der Waals surface area contributed by atoms with Gasteiger partial charge in [-0.3, -0.25) is 19.3 Å². The van der Waals surface area contributed by atoms with Gasteiger partial charge in [-0.25, -0.2) is 0 Å². The summed E-state index contributed by atoms with van der Waals surface area (Å²) >= 11 is 1.60. The van der Waals surface area contributed by atoms with Gasteiger partial charge in [0.1, 0.15) is 6.04 Å². The van der Waals surface area contributed by atoms with Crippen molar-refractivity contribution in [2.45, 2.75) is 48.9 Å². The standard InChI is InChI=1S/C33H44N4O5S/c1-23(2)20-25(22-38)37-29-32(41)35(15-14-34-16-18-42-19-17-34)13-7-11-33(29)28(31(37)40)27-26(43-33)10-6-12-36(30(27)39)21-24-8-4-3-5-9-24/h3-11,23,25-29,38H,12-22H2,1-2H3/t25-,26-,27+,28+,29?,33+/m1/s1. The zero-order chi connectivity index (χ0) is 30.1. The van der Waals surface area contributed by atoms with Gasteiger partial charge in [0.25, 0.3) is 0 Å². The number of fused-ring (bicyclic) bond motifs is 2. The first-order valence-corrected chi connectivity index (χ1v) is 16.6. The number of aliphatic hydroxyl groups is 1. The molecule has 1 aromatic carbocycles. The number of aliphatic hydroxyl groups excluding tert-OH is 1. The normalized spacial score (nSPS) is 31.7. The van der Waals surface area contributed by atoms with E-state index in [1.807, 2.05) is 52.3 Å². The molecule has 0 bridgehead atoms. The van der Waals surface area contributed by atoms with Gasteiger partial charge >= 0.3 is 0 Å². The summed E-state index contributed by atoms with van der Waals surface area (Å²) in [5.41, 5.74) is 1.04. The number of hydrogen-bond donors (Lipinski definition) is 1. The lowest BCUT2D eigenvalue weighted by atomic mass is 9.78. The van der Waals surface area contributed by atoms with E-state index in [0.717, 1.165) is 25.2 Å². The van der Waals surface area contributed by atoms with Crippen LogP contribution in [0.5, 0.6) is 0 Å². The van der Waals surface area contributed by atoms with E-state index in [4.69, 9.17) is 4.74 Å². The summed E-state index contributed by atoms with van der Waals surface area (Å²) in [5, 5.41) is 10.4. The minimum absolute atomic E-state index is 0.0409. The predicted octanol–water partition coefficient (Wildman–Crippen LogP) is 2.02. The van der Waals surface area contributed by atoms with Crippen molar-refractivity contribution < 1.29 is 24.2 Å². The molecule has 3 amide bonds. The van der Waals surface area contributed by atoms with Gasteiger partial charge in [0.15, 0.2) is 0 Å². The molecule has 1 unspecified atom stereocenters. The number of ether oxygens (including phenoxy) is 1. The Labute approximate surface area is 258 Å². The summed E-state index contributed by atoms with van der Waals surface area (Å²) in [5.74, 6) is -1.34. The molecule has 6 rings (SSSR count). The minimum atomic E-state index is -0.878. The maximum Gasteiger partial charge on any atom is 0.247 e. The summed E-state index contributed by atoms with van der Waals surface area (Å²) in [7, 11) is 0. The molecule has 0 saturated carbocycles. The van der Waals surface area contributed by atoms with Crippen molar-refractivity contribution in [3.63, 3.8) is 0 Å². The average Bonchev–Trinajstić information content (AvgIpc) is 3.34. The second-order valence-electron chi connectivity index (χ2n) is 12.8. The molecule has 1 N–H and O–H groups in total. The van der Waals surface area contributed by atoms with Crippen LogP contribution in [0.3, 0.4) is 0 Å². The molecule has 1 aromatic rings. The zero-order valence-electron chi connectivity index (χ0n) is 25.2. The lowest BCUT2D eigenvalue weighted by Crippen LogP contribution is -2.57. The molecule has 43 heavy (non-hydrogen) atoms. The van der Waals surface area contributed by atoms with Crippen LogP contribution in [0.2, 0.25) is 0 Å². The molecule has 9 nitrogen and oxygen atoms in total. The van der Waals surface area contributed by atoms with E-state index in [2.05, 4.69) is 30.9 Å². The summed E-state index contributed by atoms with van der Waals surface area (Å²) in [6.45, 7) is 9.68. The maximum atomic E-state index is 14.7. The van der Waals surface area contributed by atoms with Crippen molar-refractivity contribution in [1.29, 1.82) is 0 Å². The fourth-order valence-electron chi connectivity index (χ4n) is 7.62. The van der Waals surface area contributed by atoms with Gasteiger partial charge in [0.05, 0.1) is 42.4 Å². The summed E-state index contributed by atoms with van der Waals surface area (Å²) in [4.78, 5) is 51.3. The van der Waals surface area contributed by atoms with Crippen LogP contribution >= 0.6 is 11.8 Å². The largest absolute Gasteiger partial charge is 0.394 e. The fourth-order valence-corrected chi connectivity index (χ4v) is 9.62. The molecule has 1 spiro atoms. The third-order valence-corrected chi connectivity index (χ3v) is 11.4. The molecule has 6 atom stereocenters. The van der Waals surface area contributed by atoms with Crippen LogP contribution < -0.4 is 0 Å². The van der Waals surface area contributed by atoms with Crippen molar-refractivity contribution in [3.05, 3.63) is 60.2 Å². The third kappa shape index (κ3) is 5.67. The van der Waals surface area contributed by atoms with Gasteiger partial charge < -0.3 is 24.5 Å². The van der Waals surface area contributed by atoms with E-state index < -0.39 is 28.7 Å². The lowest BCUT2D eigenvalue weighted by Gasteiger charge is -2.39. The quantitative estimate of drug-likeness (QED) is 0.429. The van der Waals surface area contributed by atoms with Crippen LogP contribution in [0.25, 0.3) is 0 Å². The Morgan fingerprint density at radius 2 is 1.72 bits per heavy atom. The van der Waals surface area contributed by atoms with Gasteiger partial charge in [-0.15, -0.1) is 11.8 Å². The molecule has 3 saturated heterocycles. The highest BCUT2D eigenvalue weighted by Gasteiger charge is 2.71. The Hall–Kier alpha value is -2.66. The number of nitrogens with zero attached hydrogens (tertiary/aromatic N) is 4. The first-order chi connectivity index (χ1) is 20.8. The SMILES string of the molecule is CC(C)C[C@H](CO)N1C(=O)[C@@H]2[C@H]3C(=O)N(Cc4ccccc4)CC=C[C@H]3S[C@@]23C=CCN(CCN2CCOCC2)C(=O)C13. The zero-order valence-corrected chi connectivity index (χ0v) is 26.0. The summed E-state index contributed by atoms with van der Waals surface area (Å²) < 4.78 is 4.62. The van der Waals surface area contributed by atoms with E-state index in [-0.39, 0.29) is 35.5 Å². The van der Waals surface area contributed by atoms with E-state index in [9.17, 15) is 19.5 Å². The predicted molar refractivity (Wildman–Crippen MR) is 166 cm³/mol. The van der Waals surface area contributed by atoms with Crippen LogP contribution in [0.15, 0.2) is 54.6 Å². The van der Waals surface area contributed by atoms with Crippen molar-refractivity contribution >= 4 is 29.5 Å². The first-order valence-electron chi connectivity index (χ1n) is 15.7. The van der Waals surface area contributed by atoms with E-state index in [0.29, 0.717) is 45.8 Å². The third-order valence-electron chi connectivity index (χ3n) is 9.62. The second-order valence-corrected chi connectivity index (χ2v) is 14.3. The number of likely N-dealkylation sites (tertiary alicyclic amines) is 1. The van der Waals surface area contributed by atoms with Crippen LogP contribution in [-0.4, -0.2) is 124 Å². The van der Waals surface area contributed by atoms with Gasteiger partial charge in [-0.05, 0) is 17.9 Å². The number of rotatable bonds is 9. The Kier molecular flexibility index (Phi) is 9.01. The molecule has 0 aromatic heterocycles. The number of morpholine rings is 1. The van der Waals surface area contributed by atoms with Gasteiger partial charge in [0, 0.05) is 51.1 Å². The van der Waals surface area contributed by atoms with Crippen molar-refractivity contribution in [3.8, 4) is 0 Å². The number of benzene rings is 1. The van der Waals surface area contributed by atoms with E-state index in [1.54, 1.807) is 16.7 Å². The summed E-state index contributed by atoms with van der Waals surface area (Å²) in [6.07, 6.45) is 8.81. The molecule has 5 heterocycles. The Morgan fingerprint density at radius 1 is 0.977 bits per heavy atom. The van der Waals surface area contributed by atoms with Gasteiger partial charge in [-0.1, -0.05) is 68.5 Å². The lowest BCUT2D eigenvalue weighted by molar-refractivity contribution is -0.147. The number of carbonyl (C=O) groups is 3. The molecule has 3 fully saturated rings. The Bertz CT molecular complexity index is 1250. The van der Waals surface area contributed by atoms with Crippen LogP contribution in [0, 0.1) is 17.8 Å². The highest BCUT2D eigenvalue weighted by molar-refractivity contribution is 8.02. The fraction of sp³-hybridized carbons (Fsp3) is 0.606. The molecule has 232 valence electrons. The highest BCUT2D eigenvalue weighted by Crippen LogP contribution is 2.61. The maximum absolute atomic E-state index is 14.7. The minimum Gasteiger partial charge on any atom is -0.394 e. The van der Waals surface area contributed by atoms with Crippen LogP contribution in [0.1, 0.15) is 25.8 Å². The number of carbonyl (C=O) groups excluding carboxylic acids is 3. The monoisotopic (exact) mass is 608 g/mol. The van der Waals surface area contributed by atoms with Crippen LogP contribution in [0.4, 0.5) is 0 Å².